The fourth-order valence-corrected chi connectivity index (χ4v) is 1.47. The van der Waals surface area contributed by atoms with Gasteiger partial charge in [0.2, 0.25) is 5.91 Å². The Balaban J connectivity index is 1.63. The maximum atomic E-state index is 11.5. The van der Waals surface area contributed by atoms with Gasteiger partial charge in [0.1, 0.15) is 12.0 Å². The Morgan fingerprint density at radius 3 is 2.74 bits per heavy atom. The SMILES string of the molecule is O=C(CCNC(=O)c1ccoc1)NCc1ccco1. The molecule has 2 aromatic rings. The van der Waals surface area contributed by atoms with Crippen LogP contribution in [0.5, 0.6) is 0 Å². The molecule has 6 heteroatoms. The van der Waals surface area contributed by atoms with E-state index in [1.807, 2.05) is 0 Å². The van der Waals surface area contributed by atoms with Crippen LogP contribution in [0, 0.1) is 0 Å². The van der Waals surface area contributed by atoms with E-state index in [-0.39, 0.29) is 24.8 Å². The van der Waals surface area contributed by atoms with E-state index in [4.69, 9.17) is 8.83 Å². The van der Waals surface area contributed by atoms with Crippen LogP contribution in [-0.2, 0) is 11.3 Å². The second-order valence-electron chi connectivity index (χ2n) is 3.87. The highest BCUT2D eigenvalue weighted by Crippen LogP contribution is 2.00. The Morgan fingerprint density at radius 1 is 1.16 bits per heavy atom. The second kappa shape index (κ2) is 6.44. The predicted octanol–water partition coefficient (Wildman–Crippen LogP) is 1.31. The van der Waals surface area contributed by atoms with Gasteiger partial charge in [0.05, 0.1) is 24.6 Å². The first-order valence-electron chi connectivity index (χ1n) is 5.85. The van der Waals surface area contributed by atoms with E-state index < -0.39 is 0 Å². The van der Waals surface area contributed by atoms with Gasteiger partial charge in [0.25, 0.3) is 5.91 Å². The molecule has 0 atom stereocenters. The minimum absolute atomic E-state index is 0.149. The van der Waals surface area contributed by atoms with E-state index in [9.17, 15) is 9.59 Å². The zero-order valence-corrected chi connectivity index (χ0v) is 10.2. The average molecular weight is 262 g/mol. The predicted molar refractivity (Wildman–Crippen MR) is 66.2 cm³/mol. The molecule has 0 spiro atoms. The molecule has 0 saturated heterocycles. The third-order valence-corrected chi connectivity index (χ3v) is 2.46. The fraction of sp³-hybridized carbons (Fsp3) is 0.231. The van der Waals surface area contributed by atoms with Crippen molar-refractivity contribution in [1.29, 1.82) is 0 Å². The summed E-state index contributed by atoms with van der Waals surface area (Å²) in [6.07, 6.45) is 4.54. The minimum atomic E-state index is -0.257. The monoisotopic (exact) mass is 262 g/mol. The molecule has 0 aliphatic carbocycles. The fourth-order valence-electron chi connectivity index (χ4n) is 1.47. The van der Waals surface area contributed by atoms with E-state index in [1.165, 1.54) is 12.5 Å². The Hall–Kier alpha value is -2.50. The molecule has 0 aromatic carbocycles. The molecule has 0 aliphatic rings. The van der Waals surface area contributed by atoms with Gasteiger partial charge in [-0.3, -0.25) is 9.59 Å². The zero-order chi connectivity index (χ0) is 13.5. The Bertz CT molecular complexity index is 517. The summed E-state index contributed by atoms with van der Waals surface area (Å²) < 4.78 is 9.87. The van der Waals surface area contributed by atoms with Crippen molar-refractivity contribution in [1.82, 2.24) is 10.6 Å². The highest BCUT2D eigenvalue weighted by atomic mass is 16.3. The first-order chi connectivity index (χ1) is 9.25. The van der Waals surface area contributed by atoms with Crippen LogP contribution >= 0.6 is 0 Å². The number of hydrogen-bond acceptors (Lipinski definition) is 4. The molecular weight excluding hydrogens is 248 g/mol. The first-order valence-corrected chi connectivity index (χ1v) is 5.85. The van der Waals surface area contributed by atoms with Crippen LogP contribution < -0.4 is 10.6 Å². The minimum Gasteiger partial charge on any atom is -0.472 e. The molecule has 2 heterocycles. The molecule has 0 saturated carbocycles. The van der Waals surface area contributed by atoms with E-state index >= 15 is 0 Å². The van der Waals surface area contributed by atoms with Crippen LogP contribution in [0.15, 0.2) is 45.8 Å². The Morgan fingerprint density at radius 2 is 2.05 bits per heavy atom. The number of hydrogen-bond donors (Lipinski definition) is 2. The number of carbonyl (C=O) groups is 2. The number of carbonyl (C=O) groups excluding carboxylic acids is 2. The molecular formula is C13H14N2O4. The van der Waals surface area contributed by atoms with Crippen LogP contribution in [0.1, 0.15) is 22.5 Å². The molecule has 0 aliphatic heterocycles. The summed E-state index contributed by atoms with van der Waals surface area (Å²) in [6, 6.07) is 5.10. The Kier molecular flexibility index (Phi) is 4.39. The smallest absolute Gasteiger partial charge is 0.254 e. The van der Waals surface area contributed by atoms with E-state index in [1.54, 1.807) is 24.5 Å². The summed E-state index contributed by atoms with van der Waals surface area (Å²) in [4.78, 5) is 23.0. The van der Waals surface area contributed by atoms with Gasteiger partial charge in [0.15, 0.2) is 0 Å². The van der Waals surface area contributed by atoms with Crippen LogP contribution in [0.2, 0.25) is 0 Å². The molecule has 0 bridgehead atoms. The summed E-state index contributed by atoms with van der Waals surface area (Å²) in [5.41, 5.74) is 0.441. The standard InChI is InChI=1S/C13H14N2O4/c16-12(15-8-11-2-1-6-19-11)3-5-14-13(17)10-4-7-18-9-10/h1-2,4,6-7,9H,3,5,8H2,(H,14,17)(H,15,16). The zero-order valence-electron chi connectivity index (χ0n) is 10.2. The molecule has 2 rings (SSSR count). The highest BCUT2D eigenvalue weighted by molar-refractivity contribution is 5.93. The summed E-state index contributed by atoms with van der Waals surface area (Å²) in [7, 11) is 0. The number of rotatable bonds is 6. The average Bonchev–Trinajstić information content (AvgIpc) is 3.09. The van der Waals surface area contributed by atoms with Crippen molar-refractivity contribution in [3.05, 3.63) is 48.3 Å². The lowest BCUT2D eigenvalue weighted by atomic mass is 10.3. The topological polar surface area (TPSA) is 84.5 Å². The van der Waals surface area contributed by atoms with Crippen molar-refractivity contribution in [2.24, 2.45) is 0 Å². The van der Waals surface area contributed by atoms with Crippen LogP contribution in [-0.4, -0.2) is 18.4 Å². The number of nitrogens with one attached hydrogen (secondary N) is 2. The van der Waals surface area contributed by atoms with Gasteiger partial charge >= 0.3 is 0 Å². The van der Waals surface area contributed by atoms with Crippen molar-refractivity contribution in [3.63, 3.8) is 0 Å². The van der Waals surface area contributed by atoms with Gasteiger partial charge < -0.3 is 19.5 Å². The maximum Gasteiger partial charge on any atom is 0.254 e. The lowest BCUT2D eigenvalue weighted by molar-refractivity contribution is -0.121. The quantitative estimate of drug-likeness (QED) is 0.822. The highest BCUT2D eigenvalue weighted by Gasteiger charge is 2.07. The number of furan rings is 2. The lowest BCUT2D eigenvalue weighted by Gasteiger charge is -2.04. The summed E-state index contributed by atoms with van der Waals surface area (Å²) in [5, 5.41) is 5.32. The Labute approximate surface area is 109 Å². The summed E-state index contributed by atoms with van der Waals surface area (Å²) in [6.45, 7) is 0.621. The van der Waals surface area contributed by atoms with Gasteiger partial charge in [-0.25, -0.2) is 0 Å². The van der Waals surface area contributed by atoms with Gasteiger partial charge in [-0.05, 0) is 18.2 Å². The summed E-state index contributed by atoms with van der Waals surface area (Å²) in [5.74, 6) is 0.285. The van der Waals surface area contributed by atoms with Crippen molar-refractivity contribution in [2.45, 2.75) is 13.0 Å². The molecule has 100 valence electrons. The normalized spacial score (nSPS) is 10.1. The molecule has 0 radical (unpaired) electrons. The van der Waals surface area contributed by atoms with E-state index in [0.29, 0.717) is 17.9 Å². The van der Waals surface area contributed by atoms with Crippen molar-refractivity contribution in [2.75, 3.05) is 6.54 Å². The molecule has 6 nitrogen and oxygen atoms in total. The largest absolute Gasteiger partial charge is 0.472 e. The molecule has 2 N–H and O–H groups in total. The third kappa shape index (κ3) is 4.02. The molecule has 2 aromatic heterocycles. The van der Waals surface area contributed by atoms with Crippen LogP contribution in [0.25, 0.3) is 0 Å². The van der Waals surface area contributed by atoms with Crippen molar-refractivity contribution >= 4 is 11.8 Å². The van der Waals surface area contributed by atoms with Crippen molar-refractivity contribution in [3.8, 4) is 0 Å². The van der Waals surface area contributed by atoms with Crippen LogP contribution in [0.3, 0.4) is 0 Å². The first kappa shape index (κ1) is 12.9. The number of amides is 2. The van der Waals surface area contributed by atoms with Gasteiger partial charge in [0, 0.05) is 13.0 Å². The van der Waals surface area contributed by atoms with Gasteiger partial charge in [-0.15, -0.1) is 0 Å². The van der Waals surface area contributed by atoms with Gasteiger partial charge in [-0.1, -0.05) is 0 Å². The van der Waals surface area contributed by atoms with Crippen LogP contribution in [0.4, 0.5) is 0 Å². The third-order valence-electron chi connectivity index (χ3n) is 2.46. The maximum absolute atomic E-state index is 11.5. The molecule has 19 heavy (non-hydrogen) atoms. The van der Waals surface area contributed by atoms with E-state index in [2.05, 4.69) is 10.6 Å². The van der Waals surface area contributed by atoms with E-state index in [0.717, 1.165) is 0 Å². The second-order valence-corrected chi connectivity index (χ2v) is 3.87. The lowest BCUT2D eigenvalue weighted by Crippen LogP contribution is -2.30. The molecule has 2 amide bonds. The summed E-state index contributed by atoms with van der Waals surface area (Å²) >= 11 is 0. The molecule has 0 fully saturated rings. The van der Waals surface area contributed by atoms with Crippen molar-refractivity contribution < 1.29 is 18.4 Å². The van der Waals surface area contributed by atoms with Gasteiger partial charge in [-0.2, -0.15) is 0 Å². The molecule has 0 unspecified atom stereocenters.